The molecular weight excluding hydrogens is 803 g/mol. The van der Waals surface area contributed by atoms with Crippen molar-refractivity contribution < 1.29 is 23.5 Å². The number of rotatable bonds is 7. The molecule has 0 saturated carbocycles. The Labute approximate surface area is 307 Å². The van der Waals surface area contributed by atoms with Gasteiger partial charge >= 0.3 is 5.97 Å². The van der Waals surface area contributed by atoms with Gasteiger partial charge in [0.2, 0.25) is 5.91 Å². The lowest BCUT2D eigenvalue weighted by Crippen LogP contribution is -2.19. The van der Waals surface area contributed by atoms with Crippen LogP contribution in [0.5, 0.6) is 0 Å². The summed E-state index contributed by atoms with van der Waals surface area (Å²) < 4.78 is 12.9. The van der Waals surface area contributed by atoms with Gasteiger partial charge in [0.15, 0.2) is 11.2 Å². The van der Waals surface area contributed by atoms with Gasteiger partial charge in [-0.1, -0.05) is 55.1 Å². The number of nitrogens with one attached hydrogen (secondary N) is 1. The molecule has 4 heterocycles. The first-order valence-electron chi connectivity index (χ1n) is 14.1. The minimum Gasteiger partial charge on any atom is -0.478 e. The quantitative estimate of drug-likeness (QED) is 0.0978. The number of aliphatic carboxylic acids is 1. The van der Waals surface area contributed by atoms with Gasteiger partial charge in [0.1, 0.15) is 23.2 Å². The van der Waals surface area contributed by atoms with E-state index in [-0.39, 0.29) is 12.5 Å². The molecule has 6 aromatic rings. The van der Waals surface area contributed by atoms with Gasteiger partial charge < -0.3 is 36.5 Å². The van der Waals surface area contributed by atoms with E-state index in [1.54, 1.807) is 48.7 Å². The molecule has 0 saturated heterocycles. The molecule has 49 heavy (non-hydrogen) atoms. The Hall–Kier alpha value is -4.66. The van der Waals surface area contributed by atoms with Crippen molar-refractivity contribution in [1.82, 2.24) is 15.3 Å². The molecule has 0 fully saturated rings. The molecule has 0 atom stereocenters. The number of aromatic nitrogens is 2. The van der Waals surface area contributed by atoms with Crippen molar-refractivity contribution in [3.05, 3.63) is 127 Å². The van der Waals surface area contributed by atoms with Crippen LogP contribution in [0.1, 0.15) is 22.6 Å². The van der Waals surface area contributed by atoms with E-state index < -0.39 is 5.97 Å². The highest BCUT2D eigenvalue weighted by Crippen LogP contribution is 2.31. The summed E-state index contributed by atoms with van der Waals surface area (Å²) >= 11 is 18.8. The molecule has 0 bridgehead atoms. The van der Waals surface area contributed by atoms with E-state index in [0.717, 1.165) is 37.1 Å². The number of halogens is 4. The number of nitrogens with zero attached hydrogens (tertiary/aromatic N) is 2. The molecule has 6 rings (SSSR count). The number of carboxylic acids is 1. The van der Waals surface area contributed by atoms with E-state index in [2.05, 4.69) is 47.1 Å². The first-order valence-corrected chi connectivity index (χ1v) is 16.5. The van der Waals surface area contributed by atoms with Gasteiger partial charge in [-0.25, -0.2) is 14.8 Å². The van der Waals surface area contributed by atoms with Crippen LogP contribution in [0.2, 0.25) is 10.0 Å². The number of fused-ring (bicyclic) bond motifs is 2. The fourth-order valence-electron chi connectivity index (χ4n) is 4.05. The van der Waals surface area contributed by atoms with Crippen molar-refractivity contribution in [2.24, 2.45) is 5.73 Å². The van der Waals surface area contributed by atoms with E-state index in [1.807, 2.05) is 24.3 Å². The molecule has 0 radical (unpaired) electrons. The number of nitrogen functional groups attached to an aromatic ring is 2. The maximum Gasteiger partial charge on any atom is 0.328 e. The average molecular weight is 831 g/mol. The Kier molecular flexibility index (Phi) is 13.4. The topological polar surface area (TPSA) is 197 Å². The standard InChI is InChI=1S/C17H13BrClN3O2.C9H7BrClNO.C8H8N2O2/c18-12-5-11-6-13(24-17(11)14(19)7-12)9-22-16(23)4-2-10-1-3-15(20)21-8-10;10-6-1-5-2-7(4-12)13-9(5)8(11)3-6;9-7-3-1-6(5-10-7)2-4-8(11)12/h1-8H,9H2,(H2,20,21)(H,22,23);1-3H,4,12H2;1-5H,(H2,9,10)(H,11,12)/b4-2+;;4-2+. The van der Waals surface area contributed by atoms with Crippen molar-refractivity contribution >= 4 is 113 Å². The van der Waals surface area contributed by atoms with Crippen LogP contribution in [0.4, 0.5) is 11.6 Å². The Morgan fingerprint density at radius 3 is 1.73 bits per heavy atom. The SMILES string of the molecule is NCc1cc2cc(Br)cc(Cl)c2o1.Nc1ccc(/C=C/C(=O)NCc2cc3cc(Br)cc(Cl)c3o2)cn1.Nc1ccc(/C=C/C(=O)O)cn1. The molecule has 11 nitrogen and oxygen atoms in total. The van der Waals surface area contributed by atoms with Crippen LogP contribution < -0.4 is 22.5 Å². The third kappa shape index (κ3) is 11.5. The Balaban J connectivity index is 0.000000182. The molecule has 2 aromatic carbocycles. The molecule has 252 valence electrons. The van der Waals surface area contributed by atoms with Crippen LogP contribution >= 0.6 is 55.1 Å². The maximum atomic E-state index is 11.9. The average Bonchev–Trinajstić information content (AvgIpc) is 3.68. The van der Waals surface area contributed by atoms with Gasteiger partial charge in [-0.05, 0) is 83.9 Å². The smallest absolute Gasteiger partial charge is 0.328 e. The highest BCUT2D eigenvalue weighted by atomic mass is 79.9. The molecule has 1 amide bonds. The monoisotopic (exact) mass is 828 g/mol. The zero-order valence-corrected chi connectivity index (χ0v) is 30.1. The number of carboxylic acid groups (broad SMARTS) is 1. The van der Waals surface area contributed by atoms with Crippen LogP contribution in [0.15, 0.2) is 103 Å². The first-order chi connectivity index (χ1) is 23.4. The summed E-state index contributed by atoms with van der Waals surface area (Å²) in [6.07, 6.45) is 8.70. The van der Waals surface area contributed by atoms with Crippen molar-refractivity contribution in [2.75, 3.05) is 11.5 Å². The van der Waals surface area contributed by atoms with Gasteiger partial charge in [0.05, 0.1) is 23.1 Å². The summed E-state index contributed by atoms with van der Waals surface area (Å²) in [6, 6.07) is 17.9. The van der Waals surface area contributed by atoms with Gasteiger partial charge in [-0.15, -0.1) is 0 Å². The predicted molar refractivity (Wildman–Crippen MR) is 201 cm³/mol. The lowest BCUT2D eigenvalue weighted by atomic mass is 10.2. The van der Waals surface area contributed by atoms with Gasteiger partial charge in [0, 0.05) is 44.3 Å². The summed E-state index contributed by atoms with van der Waals surface area (Å²) in [6.45, 7) is 0.661. The third-order valence-electron chi connectivity index (χ3n) is 6.28. The summed E-state index contributed by atoms with van der Waals surface area (Å²) in [4.78, 5) is 29.7. The van der Waals surface area contributed by atoms with Crippen LogP contribution in [0.3, 0.4) is 0 Å². The molecule has 4 aromatic heterocycles. The summed E-state index contributed by atoms with van der Waals surface area (Å²) in [5, 5.41) is 14.0. The normalized spacial score (nSPS) is 11.0. The maximum absolute atomic E-state index is 11.9. The number of furan rings is 2. The number of amides is 1. The van der Waals surface area contributed by atoms with Crippen molar-refractivity contribution in [2.45, 2.75) is 13.1 Å². The van der Waals surface area contributed by atoms with Crippen LogP contribution in [0, 0.1) is 0 Å². The lowest BCUT2D eigenvalue weighted by Gasteiger charge is -1.99. The minimum atomic E-state index is -0.980. The number of hydrogen-bond donors (Lipinski definition) is 5. The number of anilines is 2. The number of hydrogen-bond acceptors (Lipinski definition) is 9. The van der Waals surface area contributed by atoms with Crippen LogP contribution in [-0.4, -0.2) is 27.0 Å². The van der Waals surface area contributed by atoms with Crippen LogP contribution in [-0.2, 0) is 22.7 Å². The fourth-order valence-corrected chi connectivity index (χ4v) is 5.79. The van der Waals surface area contributed by atoms with E-state index in [0.29, 0.717) is 50.7 Å². The summed E-state index contributed by atoms with van der Waals surface area (Å²) in [7, 11) is 0. The summed E-state index contributed by atoms with van der Waals surface area (Å²) in [5.41, 5.74) is 19.1. The number of carbonyl (C=O) groups is 2. The van der Waals surface area contributed by atoms with E-state index in [1.165, 1.54) is 18.3 Å². The Bertz CT molecular complexity index is 2130. The van der Waals surface area contributed by atoms with Crippen molar-refractivity contribution in [3.8, 4) is 0 Å². The molecular formula is C34H28Br2Cl2N6O5. The molecule has 0 aliphatic rings. The zero-order valence-electron chi connectivity index (χ0n) is 25.4. The van der Waals surface area contributed by atoms with Crippen molar-refractivity contribution in [1.29, 1.82) is 0 Å². The number of nitrogens with two attached hydrogens (primary N) is 3. The number of carbonyl (C=O) groups excluding carboxylic acids is 1. The van der Waals surface area contributed by atoms with Gasteiger partial charge in [-0.2, -0.15) is 0 Å². The molecule has 0 aliphatic heterocycles. The highest BCUT2D eigenvalue weighted by Gasteiger charge is 2.10. The van der Waals surface area contributed by atoms with Gasteiger partial charge in [0.25, 0.3) is 0 Å². The lowest BCUT2D eigenvalue weighted by molar-refractivity contribution is -0.131. The second-order valence-electron chi connectivity index (χ2n) is 10.00. The second kappa shape index (κ2) is 17.7. The van der Waals surface area contributed by atoms with Gasteiger partial charge in [-0.3, -0.25) is 4.79 Å². The number of pyridine rings is 2. The second-order valence-corrected chi connectivity index (χ2v) is 12.6. The molecule has 0 spiro atoms. The van der Waals surface area contributed by atoms with E-state index in [4.69, 9.17) is 54.3 Å². The third-order valence-corrected chi connectivity index (χ3v) is 7.75. The summed E-state index contributed by atoms with van der Waals surface area (Å²) in [5.74, 6) is 1.01. The molecule has 15 heteroatoms. The predicted octanol–water partition coefficient (Wildman–Crippen LogP) is 8.22. The van der Waals surface area contributed by atoms with E-state index in [9.17, 15) is 9.59 Å². The number of benzene rings is 2. The molecule has 8 N–H and O–H groups in total. The van der Waals surface area contributed by atoms with Crippen molar-refractivity contribution in [3.63, 3.8) is 0 Å². The Morgan fingerprint density at radius 2 is 1.27 bits per heavy atom. The molecule has 0 unspecified atom stereocenters. The molecule has 0 aliphatic carbocycles. The first kappa shape index (κ1) is 37.2. The van der Waals surface area contributed by atoms with E-state index >= 15 is 0 Å². The fraction of sp³-hybridized carbons (Fsp3) is 0.0588. The zero-order chi connectivity index (χ0) is 35.5. The van der Waals surface area contributed by atoms with Crippen LogP contribution in [0.25, 0.3) is 34.1 Å². The minimum absolute atomic E-state index is 0.237. The Morgan fingerprint density at radius 1 is 0.776 bits per heavy atom. The largest absolute Gasteiger partial charge is 0.478 e. The highest BCUT2D eigenvalue weighted by molar-refractivity contribution is 9.10.